The molecule has 4 rings (SSSR count). The van der Waals surface area contributed by atoms with E-state index in [-0.39, 0.29) is 10.7 Å². The van der Waals surface area contributed by atoms with E-state index in [0.717, 1.165) is 24.0 Å². The van der Waals surface area contributed by atoms with E-state index in [4.69, 9.17) is 23.2 Å². The van der Waals surface area contributed by atoms with E-state index in [0.29, 0.717) is 21.6 Å². The zero-order valence-electron chi connectivity index (χ0n) is 15.8. The predicted molar refractivity (Wildman–Crippen MR) is 117 cm³/mol. The van der Waals surface area contributed by atoms with Crippen LogP contribution in [-0.4, -0.2) is 35.3 Å². The van der Waals surface area contributed by atoms with Crippen molar-refractivity contribution in [2.24, 2.45) is 0 Å². The second-order valence-corrected chi connectivity index (χ2v) is 9.24. The second kappa shape index (κ2) is 7.92. The van der Waals surface area contributed by atoms with Crippen LogP contribution in [0, 0.1) is 5.82 Å². The van der Waals surface area contributed by atoms with E-state index in [9.17, 15) is 17.6 Å². The molecule has 0 atom stereocenters. The topological polar surface area (TPSA) is 94.0 Å². The van der Waals surface area contributed by atoms with E-state index in [2.05, 4.69) is 10.1 Å². The molecule has 0 aliphatic heterocycles. The van der Waals surface area contributed by atoms with Gasteiger partial charge in [-0.05, 0) is 36.4 Å². The minimum Gasteiger partial charge on any atom is -0.268 e. The molecule has 0 saturated carbocycles. The summed E-state index contributed by atoms with van der Waals surface area (Å²) in [5, 5.41) is 5.79. The van der Waals surface area contributed by atoms with Crippen LogP contribution in [0.4, 0.5) is 4.39 Å². The van der Waals surface area contributed by atoms with Crippen LogP contribution in [0.1, 0.15) is 10.4 Å². The third kappa shape index (κ3) is 4.25. The van der Waals surface area contributed by atoms with Crippen molar-refractivity contribution in [3.63, 3.8) is 0 Å². The molecule has 0 unspecified atom stereocenters. The summed E-state index contributed by atoms with van der Waals surface area (Å²) in [7, 11) is -3.87. The summed E-state index contributed by atoms with van der Waals surface area (Å²) in [5.74, 6) is -2.08. The Kier molecular flexibility index (Phi) is 5.42. The summed E-state index contributed by atoms with van der Waals surface area (Å²) >= 11 is 12.5. The van der Waals surface area contributed by atoms with Gasteiger partial charge in [0.1, 0.15) is 11.5 Å². The fourth-order valence-electron chi connectivity index (χ4n) is 3.09. The Bertz CT molecular complexity index is 1440. The third-order valence-corrected chi connectivity index (χ3v) is 5.48. The molecule has 0 aliphatic carbocycles. The van der Waals surface area contributed by atoms with Crippen LogP contribution in [0.25, 0.3) is 27.8 Å². The Morgan fingerprint density at radius 2 is 1.81 bits per heavy atom. The number of benzene rings is 2. The van der Waals surface area contributed by atoms with E-state index in [1.54, 1.807) is 47.4 Å². The first-order valence-electron chi connectivity index (χ1n) is 8.74. The molecule has 11 heteroatoms. The molecule has 31 heavy (non-hydrogen) atoms. The molecular formula is C20H13Cl2FN4O3S. The number of nitrogens with one attached hydrogen (secondary N) is 1. The Morgan fingerprint density at radius 1 is 1.10 bits per heavy atom. The fourth-order valence-corrected chi connectivity index (χ4v) is 3.96. The van der Waals surface area contributed by atoms with Crippen LogP contribution in [0.2, 0.25) is 10.0 Å². The van der Waals surface area contributed by atoms with Crippen LogP contribution in [0.15, 0.2) is 54.9 Å². The van der Waals surface area contributed by atoms with Crippen molar-refractivity contribution in [3.8, 4) is 16.9 Å². The number of rotatable bonds is 4. The monoisotopic (exact) mass is 478 g/mol. The number of carbonyl (C=O) groups is 1. The highest BCUT2D eigenvalue weighted by atomic mass is 35.5. The number of aromatic nitrogens is 3. The van der Waals surface area contributed by atoms with Crippen LogP contribution >= 0.6 is 23.2 Å². The number of fused-ring (bicyclic) bond motifs is 1. The van der Waals surface area contributed by atoms with Crippen molar-refractivity contribution in [2.75, 3.05) is 6.26 Å². The van der Waals surface area contributed by atoms with Gasteiger partial charge in [0.15, 0.2) is 0 Å². The summed E-state index contributed by atoms with van der Waals surface area (Å²) < 4.78 is 40.5. The number of carbonyl (C=O) groups excluding carboxylic acids is 1. The first-order chi connectivity index (χ1) is 14.6. The second-order valence-electron chi connectivity index (χ2n) is 6.64. The number of pyridine rings is 1. The van der Waals surface area contributed by atoms with Gasteiger partial charge in [-0.2, -0.15) is 5.10 Å². The van der Waals surface area contributed by atoms with Gasteiger partial charge in [-0.25, -0.2) is 22.2 Å². The van der Waals surface area contributed by atoms with Gasteiger partial charge >= 0.3 is 0 Å². The molecular weight excluding hydrogens is 466 g/mol. The minimum atomic E-state index is -3.87. The highest BCUT2D eigenvalue weighted by molar-refractivity contribution is 7.89. The Balaban J connectivity index is 1.90. The summed E-state index contributed by atoms with van der Waals surface area (Å²) in [6.45, 7) is 0. The molecule has 2 heterocycles. The van der Waals surface area contributed by atoms with E-state index < -0.39 is 27.3 Å². The molecule has 0 spiro atoms. The summed E-state index contributed by atoms with van der Waals surface area (Å²) in [6, 6.07) is 10.7. The average Bonchev–Trinajstić information content (AvgIpc) is 3.07. The van der Waals surface area contributed by atoms with Crippen molar-refractivity contribution in [1.82, 2.24) is 19.5 Å². The Labute approximate surface area is 186 Å². The largest absolute Gasteiger partial charge is 0.268 e. The van der Waals surface area contributed by atoms with Crippen LogP contribution in [0.5, 0.6) is 0 Å². The van der Waals surface area contributed by atoms with Crippen LogP contribution in [0.3, 0.4) is 0 Å². The highest BCUT2D eigenvalue weighted by Crippen LogP contribution is 2.34. The SMILES string of the molecule is CS(=O)(=O)NC(=O)c1cc(Cl)c(-n2nc(-c3ccncc3)c3cc(Cl)ccc32)cc1F. The number of halogens is 3. The maximum Gasteiger partial charge on any atom is 0.267 e. The number of sulfonamides is 1. The average molecular weight is 479 g/mol. The maximum atomic E-state index is 14.8. The first kappa shape index (κ1) is 21.2. The Hall–Kier alpha value is -3.01. The molecule has 158 valence electrons. The highest BCUT2D eigenvalue weighted by Gasteiger charge is 2.21. The lowest BCUT2D eigenvalue weighted by Gasteiger charge is -2.10. The summed E-state index contributed by atoms with van der Waals surface area (Å²) in [5.41, 5.74) is 1.61. The molecule has 1 amide bonds. The zero-order chi connectivity index (χ0) is 22.3. The van der Waals surface area contributed by atoms with Gasteiger partial charge in [-0.1, -0.05) is 23.2 Å². The van der Waals surface area contributed by atoms with E-state index in [1.165, 1.54) is 4.68 Å². The number of amides is 1. The van der Waals surface area contributed by atoms with Gasteiger partial charge in [-0.15, -0.1) is 0 Å². The molecule has 0 aliphatic rings. The van der Waals surface area contributed by atoms with Gasteiger partial charge < -0.3 is 0 Å². The molecule has 0 saturated heterocycles. The molecule has 2 aromatic carbocycles. The van der Waals surface area contributed by atoms with Crippen molar-refractivity contribution >= 4 is 50.0 Å². The zero-order valence-corrected chi connectivity index (χ0v) is 18.1. The van der Waals surface area contributed by atoms with Gasteiger partial charge in [0.05, 0.1) is 28.0 Å². The van der Waals surface area contributed by atoms with Crippen molar-refractivity contribution in [2.45, 2.75) is 0 Å². The molecule has 2 aromatic heterocycles. The van der Waals surface area contributed by atoms with Gasteiger partial charge in [-0.3, -0.25) is 9.78 Å². The smallest absolute Gasteiger partial charge is 0.267 e. The molecule has 7 nitrogen and oxygen atoms in total. The molecule has 0 radical (unpaired) electrons. The quantitative estimate of drug-likeness (QED) is 0.473. The maximum absolute atomic E-state index is 14.8. The third-order valence-electron chi connectivity index (χ3n) is 4.38. The van der Waals surface area contributed by atoms with E-state index in [1.807, 2.05) is 0 Å². The number of hydrogen-bond acceptors (Lipinski definition) is 5. The van der Waals surface area contributed by atoms with Crippen LogP contribution < -0.4 is 4.72 Å². The molecule has 0 bridgehead atoms. The van der Waals surface area contributed by atoms with Crippen LogP contribution in [-0.2, 0) is 10.0 Å². The molecule has 1 N–H and O–H groups in total. The summed E-state index contributed by atoms with van der Waals surface area (Å²) in [4.78, 5) is 16.1. The number of hydrogen-bond donors (Lipinski definition) is 1. The lowest BCUT2D eigenvalue weighted by molar-refractivity contribution is 0.0978. The minimum absolute atomic E-state index is 0.000629. The van der Waals surface area contributed by atoms with Gasteiger partial charge in [0.25, 0.3) is 5.91 Å². The summed E-state index contributed by atoms with van der Waals surface area (Å²) in [6.07, 6.45) is 4.03. The van der Waals surface area contributed by atoms with Gasteiger partial charge in [0, 0.05) is 34.4 Å². The van der Waals surface area contributed by atoms with Crippen molar-refractivity contribution in [1.29, 1.82) is 0 Å². The standard InChI is InChI=1S/C20H13Cl2FN4O3S/c1-31(29,30)26-20(28)13-9-15(22)18(10-16(13)23)27-17-3-2-12(21)8-14(17)19(25-27)11-4-6-24-7-5-11/h2-10H,1H3,(H,26,28). The normalized spacial score (nSPS) is 11.6. The molecule has 4 aromatic rings. The lowest BCUT2D eigenvalue weighted by atomic mass is 10.1. The first-order valence-corrected chi connectivity index (χ1v) is 11.4. The Morgan fingerprint density at radius 3 is 2.48 bits per heavy atom. The van der Waals surface area contributed by atoms with Gasteiger partial charge in [0.2, 0.25) is 10.0 Å². The van der Waals surface area contributed by atoms with Crippen molar-refractivity contribution in [3.05, 3.63) is 76.3 Å². The molecule has 0 fully saturated rings. The lowest BCUT2D eigenvalue weighted by Crippen LogP contribution is -2.30. The van der Waals surface area contributed by atoms with E-state index >= 15 is 0 Å². The fraction of sp³-hybridized carbons (Fsp3) is 0.0500. The van der Waals surface area contributed by atoms with Crippen molar-refractivity contribution < 1.29 is 17.6 Å². The predicted octanol–water partition coefficient (Wildman–Crippen LogP) is 4.22. The number of nitrogens with zero attached hydrogens (tertiary/aromatic N) is 3.